The zero-order chi connectivity index (χ0) is 9.80. The van der Waals surface area contributed by atoms with E-state index < -0.39 is 0 Å². The largest absolute Gasteiger partial charge is 0.316 e. The SMILES string of the molecule is C#Cc1ccc(C2CCCNC2)cc1. The van der Waals surface area contributed by atoms with Crippen LogP contribution in [0, 0.1) is 12.3 Å². The molecule has 0 spiro atoms. The van der Waals surface area contributed by atoms with Crippen molar-refractivity contribution in [2.24, 2.45) is 0 Å². The molecule has 0 aliphatic carbocycles. The van der Waals surface area contributed by atoms with Crippen LogP contribution >= 0.6 is 0 Å². The fraction of sp³-hybridized carbons (Fsp3) is 0.385. The zero-order valence-corrected chi connectivity index (χ0v) is 8.29. The van der Waals surface area contributed by atoms with Gasteiger partial charge < -0.3 is 5.32 Å². The van der Waals surface area contributed by atoms with E-state index in [0.717, 1.165) is 12.1 Å². The molecule has 1 fully saturated rings. The molecule has 1 nitrogen and oxygen atoms in total. The molecular formula is C13H15N. The van der Waals surface area contributed by atoms with Crippen LogP contribution in [0.1, 0.15) is 29.9 Å². The van der Waals surface area contributed by atoms with Crippen LogP contribution in [-0.4, -0.2) is 13.1 Å². The van der Waals surface area contributed by atoms with Crippen LogP contribution < -0.4 is 5.32 Å². The minimum absolute atomic E-state index is 0.676. The zero-order valence-electron chi connectivity index (χ0n) is 8.29. The molecule has 1 heteroatoms. The third kappa shape index (κ3) is 1.97. The molecule has 0 bridgehead atoms. The molecule has 1 heterocycles. The Bertz CT molecular complexity index is 325. The normalized spacial score (nSPS) is 21.5. The van der Waals surface area contributed by atoms with Gasteiger partial charge in [0.05, 0.1) is 0 Å². The van der Waals surface area contributed by atoms with Crippen molar-refractivity contribution >= 4 is 0 Å². The summed E-state index contributed by atoms with van der Waals surface area (Å²) in [5, 5.41) is 3.42. The van der Waals surface area contributed by atoms with E-state index in [1.807, 2.05) is 12.1 Å². The van der Waals surface area contributed by atoms with Gasteiger partial charge in [-0.1, -0.05) is 18.1 Å². The molecule has 0 aromatic heterocycles. The Balaban J connectivity index is 2.12. The van der Waals surface area contributed by atoms with E-state index in [1.54, 1.807) is 0 Å². The number of hydrogen-bond donors (Lipinski definition) is 1. The highest BCUT2D eigenvalue weighted by Gasteiger charge is 2.14. The summed E-state index contributed by atoms with van der Waals surface area (Å²) in [6.07, 6.45) is 7.89. The van der Waals surface area contributed by atoms with E-state index in [0.29, 0.717) is 5.92 Å². The maximum absolute atomic E-state index is 5.32. The summed E-state index contributed by atoms with van der Waals surface area (Å²) in [5.41, 5.74) is 2.38. The lowest BCUT2D eigenvalue weighted by molar-refractivity contribution is 0.461. The van der Waals surface area contributed by atoms with Crippen molar-refractivity contribution in [2.75, 3.05) is 13.1 Å². The smallest absolute Gasteiger partial charge is 0.0242 e. The number of benzene rings is 1. The maximum Gasteiger partial charge on any atom is 0.0242 e. The summed E-state index contributed by atoms with van der Waals surface area (Å²) < 4.78 is 0. The Labute approximate surface area is 85.5 Å². The second-order valence-electron chi connectivity index (χ2n) is 3.81. The van der Waals surface area contributed by atoms with Crippen LogP contribution in [0.3, 0.4) is 0 Å². The number of hydrogen-bond acceptors (Lipinski definition) is 1. The summed E-state index contributed by atoms with van der Waals surface area (Å²) in [4.78, 5) is 0. The van der Waals surface area contributed by atoms with E-state index in [-0.39, 0.29) is 0 Å². The van der Waals surface area contributed by atoms with Gasteiger partial charge in [-0.25, -0.2) is 0 Å². The Morgan fingerprint density at radius 1 is 1.29 bits per heavy atom. The molecular weight excluding hydrogens is 170 g/mol. The molecule has 0 amide bonds. The van der Waals surface area contributed by atoms with Gasteiger partial charge in [-0.15, -0.1) is 6.42 Å². The number of nitrogens with one attached hydrogen (secondary N) is 1. The van der Waals surface area contributed by atoms with Crippen molar-refractivity contribution in [1.82, 2.24) is 5.32 Å². The molecule has 1 aromatic carbocycles. The fourth-order valence-corrected chi connectivity index (χ4v) is 1.99. The molecule has 72 valence electrons. The highest BCUT2D eigenvalue weighted by molar-refractivity contribution is 5.35. The van der Waals surface area contributed by atoms with Crippen molar-refractivity contribution in [1.29, 1.82) is 0 Å². The first-order valence-electron chi connectivity index (χ1n) is 5.17. The second-order valence-corrected chi connectivity index (χ2v) is 3.81. The lowest BCUT2D eigenvalue weighted by Gasteiger charge is -2.23. The van der Waals surface area contributed by atoms with Crippen molar-refractivity contribution in [3.05, 3.63) is 35.4 Å². The van der Waals surface area contributed by atoms with Gasteiger partial charge in [0, 0.05) is 12.1 Å². The summed E-state index contributed by atoms with van der Waals surface area (Å²) in [7, 11) is 0. The molecule has 1 aromatic rings. The van der Waals surface area contributed by atoms with Gasteiger partial charge in [0.25, 0.3) is 0 Å². The molecule has 1 saturated heterocycles. The standard InChI is InChI=1S/C13H15N/c1-2-11-5-7-12(8-6-11)13-4-3-9-14-10-13/h1,5-8,13-14H,3-4,9-10H2. The minimum Gasteiger partial charge on any atom is -0.316 e. The number of rotatable bonds is 1. The predicted octanol–water partition coefficient (Wildman–Crippen LogP) is 2.13. The summed E-state index contributed by atoms with van der Waals surface area (Å²) >= 11 is 0. The van der Waals surface area contributed by atoms with Gasteiger partial charge >= 0.3 is 0 Å². The maximum atomic E-state index is 5.32. The van der Waals surface area contributed by atoms with Crippen LogP contribution in [0.5, 0.6) is 0 Å². The Hall–Kier alpha value is -1.26. The van der Waals surface area contributed by atoms with E-state index in [9.17, 15) is 0 Å². The van der Waals surface area contributed by atoms with Crippen LogP contribution in [0.25, 0.3) is 0 Å². The van der Waals surface area contributed by atoms with Crippen molar-refractivity contribution < 1.29 is 0 Å². The Morgan fingerprint density at radius 3 is 2.64 bits per heavy atom. The summed E-state index contributed by atoms with van der Waals surface area (Å²) in [6.45, 7) is 2.27. The van der Waals surface area contributed by atoms with E-state index >= 15 is 0 Å². The highest BCUT2D eigenvalue weighted by atomic mass is 14.9. The number of piperidine rings is 1. The summed E-state index contributed by atoms with van der Waals surface area (Å²) in [5.74, 6) is 3.32. The first-order valence-corrected chi connectivity index (χ1v) is 5.17. The van der Waals surface area contributed by atoms with E-state index in [4.69, 9.17) is 6.42 Å². The molecule has 0 radical (unpaired) electrons. The Kier molecular flexibility index (Phi) is 2.86. The monoisotopic (exact) mass is 185 g/mol. The molecule has 1 aliphatic rings. The van der Waals surface area contributed by atoms with Crippen LogP contribution in [-0.2, 0) is 0 Å². The molecule has 2 rings (SSSR count). The Morgan fingerprint density at radius 2 is 2.07 bits per heavy atom. The van der Waals surface area contributed by atoms with Gasteiger partial charge in [0.15, 0.2) is 0 Å². The molecule has 1 aliphatic heterocycles. The predicted molar refractivity (Wildman–Crippen MR) is 59.2 cm³/mol. The van der Waals surface area contributed by atoms with Crippen molar-refractivity contribution in [3.63, 3.8) is 0 Å². The lowest BCUT2D eigenvalue weighted by atomic mass is 9.91. The van der Waals surface area contributed by atoms with Gasteiger partial charge in [-0.05, 0) is 43.0 Å². The second kappa shape index (κ2) is 4.30. The van der Waals surface area contributed by atoms with Gasteiger partial charge in [-0.2, -0.15) is 0 Å². The van der Waals surface area contributed by atoms with Crippen LogP contribution in [0.4, 0.5) is 0 Å². The average molecular weight is 185 g/mol. The first kappa shape index (κ1) is 9.30. The highest BCUT2D eigenvalue weighted by Crippen LogP contribution is 2.22. The lowest BCUT2D eigenvalue weighted by Crippen LogP contribution is -2.28. The molecule has 1 unspecified atom stereocenters. The third-order valence-corrected chi connectivity index (χ3v) is 2.85. The first-order chi connectivity index (χ1) is 6.90. The van der Waals surface area contributed by atoms with Crippen molar-refractivity contribution in [3.8, 4) is 12.3 Å². The topological polar surface area (TPSA) is 12.0 Å². The van der Waals surface area contributed by atoms with Crippen molar-refractivity contribution in [2.45, 2.75) is 18.8 Å². The van der Waals surface area contributed by atoms with Crippen LogP contribution in [0.2, 0.25) is 0 Å². The summed E-state index contributed by atoms with van der Waals surface area (Å²) in [6, 6.07) is 8.38. The van der Waals surface area contributed by atoms with E-state index in [2.05, 4.69) is 23.4 Å². The molecule has 1 N–H and O–H groups in total. The molecule has 14 heavy (non-hydrogen) atoms. The minimum atomic E-state index is 0.676. The molecule has 1 atom stereocenters. The fourth-order valence-electron chi connectivity index (χ4n) is 1.99. The average Bonchev–Trinajstić information content (AvgIpc) is 2.30. The number of terminal acetylenes is 1. The van der Waals surface area contributed by atoms with Crippen LogP contribution in [0.15, 0.2) is 24.3 Å². The third-order valence-electron chi connectivity index (χ3n) is 2.85. The van der Waals surface area contributed by atoms with Gasteiger partial charge in [0.2, 0.25) is 0 Å². The quantitative estimate of drug-likeness (QED) is 0.661. The van der Waals surface area contributed by atoms with Gasteiger partial charge in [-0.3, -0.25) is 0 Å². The molecule has 0 saturated carbocycles. The van der Waals surface area contributed by atoms with E-state index in [1.165, 1.54) is 24.9 Å². The van der Waals surface area contributed by atoms with Gasteiger partial charge in [0.1, 0.15) is 0 Å².